The molecule has 0 atom stereocenters. The van der Waals surface area contributed by atoms with Crippen molar-refractivity contribution in [2.45, 2.75) is 53.4 Å². The average molecular weight is 597 g/mol. The number of hydrogen-bond acceptors (Lipinski definition) is 5. The molecule has 1 spiro atoms. The predicted octanol–water partition coefficient (Wildman–Crippen LogP) is 6.82. The Bertz CT molecular complexity index is 1350. The number of allylic oxidation sites excluding steroid dienone is 2. The Morgan fingerprint density at radius 2 is 1.70 bits per heavy atom. The third-order valence-corrected chi connectivity index (χ3v) is 7.47. The zero-order chi connectivity index (χ0) is 31.6. The number of carboxylic acids is 1. The summed E-state index contributed by atoms with van der Waals surface area (Å²) in [6.45, 7) is 14.9. The Kier molecular flexibility index (Phi) is 12.1. The van der Waals surface area contributed by atoms with E-state index in [4.69, 9.17) is 14.6 Å². The zero-order valence-corrected chi connectivity index (χ0v) is 25.5. The van der Waals surface area contributed by atoms with E-state index in [1.54, 1.807) is 17.1 Å². The first-order valence-corrected chi connectivity index (χ1v) is 14.7. The number of benzene rings is 2. The molecule has 2 heterocycles. The molecule has 7 nitrogen and oxygen atoms in total. The molecular formula is C34H42F2N2O5. The Labute approximate surface area is 252 Å². The number of rotatable bonds is 10. The van der Waals surface area contributed by atoms with Crippen molar-refractivity contribution in [1.29, 1.82) is 0 Å². The smallest absolute Gasteiger partial charge is 0.335 e. The fraction of sp³-hybridized carbons (Fsp3) is 0.412. The molecular weight excluding hydrogens is 554 g/mol. The molecule has 232 valence electrons. The number of carboxylic acid groups (broad SMARTS) is 1. The predicted molar refractivity (Wildman–Crippen MR) is 164 cm³/mol. The van der Waals surface area contributed by atoms with Gasteiger partial charge in [-0.1, -0.05) is 19.6 Å². The first-order valence-electron chi connectivity index (χ1n) is 14.7. The van der Waals surface area contributed by atoms with Crippen molar-refractivity contribution in [2.75, 3.05) is 32.8 Å². The molecule has 2 aromatic carbocycles. The third kappa shape index (κ3) is 8.76. The zero-order valence-electron chi connectivity index (χ0n) is 25.5. The molecule has 2 aromatic rings. The first kappa shape index (κ1) is 33.5. The Morgan fingerprint density at radius 1 is 1.07 bits per heavy atom. The van der Waals surface area contributed by atoms with Crippen LogP contribution in [-0.2, 0) is 9.59 Å². The van der Waals surface area contributed by atoms with Gasteiger partial charge in [-0.2, -0.15) is 0 Å². The number of amides is 1. The molecule has 2 N–H and O–H groups in total. The maximum atomic E-state index is 14.1. The van der Waals surface area contributed by atoms with E-state index in [1.165, 1.54) is 18.2 Å². The fourth-order valence-electron chi connectivity index (χ4n) is 5.39. The van der Waals surface area contributed by atoms with Gasteiger partial charge in [0.2, 0.25) is 5.91 Å². The van der Waals surface area contributed by atoms with Crippen LogP contribution in [0.2, 0.25) is 0 Å². The molecule has 1 amide bonds. The summed E-state index contributed by atoms with van der Waals surface area (Å²) in [5.74, 6) is -1.06. The van der Waals surface area contributed by atoms with Gasteiger partial charge >= 0.3 is 5.97 Å². The molecule has 2 aliphatic rings. The van der Waals surface area contributed by atoms with Crippen molar-refractivity contribution in [3.8, 4) is 22.6 Å². The van der Waals surface area contributed by atoms with Gasteiger partial charge in [0.05, 0.1) is 24.4 Å². The quantitative estimate of drug-likeness (QED) is 0.231. The molecule has 0 bridgehead atoms. The average Bonchev–Trinajstić information content (AvgIpc) is 3.27. The van der Waals surface area contributed by atoms with Crippen LogP contribution in [0.3, 0.4) is 0 Å². The van der Waals surface area contributed by atoms with Gasteiger partial charge in [0.25, 0.3) is 0 Å². The van der Waals surface area contributed by atoms with Gasteiger partial charge < -0.3 is 24.8 Å². The molecule has 9 heteroatoms. The summed E-state index contributed by atoms with van der Waals surface area (Å²) in [5.41, 5.74) is 2.60. The molecule has 0 aliphatic carbocycles. The van der Waals surface area contributed by atoms with Gasteiger partial charge in [0.1, 0.15) is 23.1 Å². The second-order valence-electron chi connectivity index (χ2n) is 10.7. The van der Waals surface area contributed by atoms with Crippen molar-refractivity contribution < 1.29 is 33.0 Å². The standard InChI is InChI=1S/C17H18F2O2.C17H24N2O3/c1-4-20-15-8-11(3)9-16(21-5-2)17(15)13-7-6-12(18)10-14(13)19;1-3-4-14(16(21)22)6-5-13(2)19-12-17(11-15(19)20)7-9-18-10-8-17/h6-10H,4-5H2,1-3H3;4-6,18H,2-3,7-12H2,1H3,(H,21,22)/b;6-5-,14-4+. The summed E-state index contributed by atoms with van der Waals surface area (Å²) in [6, 6.07) is 7.14. The van der Waals surface area contributed by atoms with Gasteiger partial charge in [-0.15, -0.1) is 0 Å². The minimum absolute atomic E-state index is 0.0635. The normalized spacial score (nSPS) is 16.3. The molecule has 2 fully saturated rings. The van der Waals surface area contributed by atoms with Gasteiger partial charge in [-0.25, -0.2) is 13.6 Å². The van der Waals surface area contributed by atoms with Crippen LogP contribution in [0.5, 0.6) is 11.5 Å². The topological polar surface area (TPSA) is 88.1 Å². The number of nitrogens with zero attached hydrogens (tertiary/aromatic N) is 1. The lowest BCUT2D eigenvalue weighted by Crippen LogP contribution is -2.38. The SMILES string of the molecule is C=C(/C=C\C(=C/CC)C(=O)O)N1CC2(CCNCC2)CC1=O.CCOc1cc(C)cc(OCC)c1-c1ccc(F)cc1F. The van der Waals surface area contributed by atoms with Crippen LogP contribution >= 0.6 is 0 Å². The number of nitrogens with one attached hydrogen (secondary N) is 1. The van der Waals surface area contributed by atoms with E-state index in [0.717, 1.165) is 37.6 Å². The lowest BCUT2D eigenvalue weighted by atomic mass is 9.78. The number of halogens is 2. The Hall–Kier alpha value is -3.98. The van der Waals surface area contributed by atoms with Crippen molar-refractivity contribution in [1.82, 2.24) is 10.2 Å². The number of carbonyl (C=O) groups excluding carboxylic acids is 1. The number of likely N-dealkylation sites (tertiary alicyclic amines) is 1. The maximum Gasteiger partial charge on any atom is 0.335 e. The number of ether oxygens (including phenoxy) is 2. The summed E-state index contributed by atoms with van der Waals surface area (Å²) < 4.78 is 38.5. The van der Waals surface area contributed by atoms with Crippen LogP contribution in [-0.4, -0.2) is 54.7 Å². The highest BCUT2D eigenvalue weighted by atomic mass is 19.1. The third-order valence-electron chi connectivity index (χ3n) is 7.47. The van der Waals surface area contributed by atoms with E-state index in [1.807, 2.05) is 39.8 Å². The summed E-state index contributed by atoms with van der Waals surface area (Å²) in [7, 11) is 0. The maximum absolute atomic E-state index is 14.1. The second-order valence-corrected chi connectivity index (χ2v) is 10.7. The molecule has 2 aliphatic heterocycles. The number of carbonyl (C=O) groups is 2. The number of aliphatic carboxylic acids is 1. The molecule has 4 rings (SSSR count). The van der Waals surface area contributed by atoms with Crippen molar-refractivity contribution in [3.63, 3.8) is 0 Å². The molecule has 0 unspecified atom stereocenters. The fourth-order valence-corrected chi connectivity index (χ4v) is 5.39. The monoisotopic (exact) mass is 596 g/mol. The number of hydrogen-bond donors (Lipinski definition) is 2. The Morgan fingerprint density at radius 3 is 2.23 bits per heavy atom. The van der Waals surface area contributed by atoms with Crippen LogP contribution < -0.4 is 14.8 Å². The van der Waals surface area contributed by atoms with Crippen molar-refractivity contribution in [3.05, 3.63) is 83.6 Å². The second kappa shape index (κ2) is 15.5. The van der Waals surface area contributed by atoms with E-state index in [2.05, 4.69) is 11.9 Å². The first-order chi connectivity index (χ1) is 20.5. The van der Waals surface area contributed by atoms with E-state index in [0.29, 0.717) is 55.4 Å². The van der Waals surface area contributed by atoms with Crippen LogP contribution in [0.25, 0.3) is 11.1 Å². The van der Waals surface area contributed by atoms with Gasteiger partial charge in [0, 0.05) is 30.3 Å². The molecule has 43 heavy (non-hydrogen) atoms. The largest absolute Gasteiger partial charge is 0.493 e. The lowest BCUT2D eigenvalue weighted by molar-refractivity contribution is -0.132. The highest BCUT2D eigenvalue weighted by Crippen LogP contribution is 2.42. The molecule has 0 saturated carbocycles. The van der Waals surface area contributed by atoms with E-state index in [-0.39, 0.29) is 22.5 Å². The number of aryl methyl sites for hydroxylation is 1. The summed E-state index contributed by atoms with van der Waals surface area (Å²) >= 11 is 0. The minimum Gasteiger partial charge on any atom is -0.493 e. The van der Waals surface area contributed by atoms with Crippen LogP contribution in [0.4, 0.5) is 8.78 Å². The van der Waals surface area contributed by atoms with Crippen LogP contribution in [0, 0.1) is 24.0 Å². The van der Waals surface area contributed by atoms with Gasteiger partial charge in [0.15, 0.2) is 0 Å². The van der Waals surface area contributed by atoms with Crippen molar-refractivity contribution in [2.24, 2.45) is 5.41 Å². The van der Waals surface area contributed by atoms with Gasteiger partial charge in [-0.3, -0.25) is 4.79 Å². The van der Waals surface area contributed by atoms with E-state index >= 15 is 0 Å². The van der Waals surface area contributed by atoms with E-state index in [9.17, 15) is 18.4 Å². The highest BCUT2D eigenvalue weighted by Gasteiger charge is 2.44. The lowest BCUT2D eigenvalue weighted by Gasteiger charge is -2.33. The van der Waals surface area contributed by atoms with Crippen LogP contribution in [0.1, 0.15) is 52.0 Å². The van der Waals surface area contributed by atoms with E-state index < -0.39 is 17.6 Å². The van der Waals surface area contributed by atoms with Crippen molar-refractivity contribution >= 4 is 11.9 Å². The summed E-state index contributed by atoms with van der Waals surface area (Å²) in [5, 5.41) is 12.4. The van der Waals surface area contributed by atoms with Crippen LogP contribution in [0.15, 0.2) is 66.4 Å². The number of piperidine rings is 1. The summed E-state index contributed by atoms with van der Waals surface area (Å²) in [4.78, 5) is 25.1. The van der Waals surface area contributed by atoms with Gasteiger partial charge in [-0.05, 0) is 101 Å². The highest BCUT2D eigenvalue weighted by molar-refractivity contribution is 5.90. The molecule has 2 saturated heterocycles. The molecule has 0 aromatic heterocycles. The molecule has 0 radical (unpaired) electrons. The summed E-state index contributed by atoms with van der Waals surface area (Å²) in [6.07, 6.45) is 8.02. The minimum atomic E-state index is -0.964. The Balaban J connectivity index is 0.000000236.